The Morgan fingerprint density at radius 3 is 2.36 bits per heavy atom. The molecule has 172 valence electrons. The van der Waals surface area contributed by atoms with E-state index in [0.29, 0.717) is 35.9 Å². The maximum atomic E-state index is 13.5. The second kappa shape index (κ2) is 9.10. The topological polar surface area (TPSA) is 71.1 Å². The van der Waals surface area contributed by atoms with Gasteiger partial charge in [0.1, 0.15) is 5.75 Å². The predicted octanol–water partition coefficient (Wildman–Crippen LogP) is 4.19. The molecule has 0 unspecified atom stereocenters. The number of rotatable bonds is 7. The highest BCUT2D eigenvalue weighted by Gasteiger charge is 2.20. The molecule has 7 nitrogen and oxygen atoms in total. The summed E-state index contributed by atoms with van der Waals surface area (Å²) in [5.41, 5.74) is 2.93. The minimum Gasteiger partial charge on any atom is -0.497 e. The lowest BCUT2D eigenvalue weighted by Gasteiger charge is -2.15. The first-order valence-electron chi connectivity index (χ1n) is 11.2. The number of hydrogen-bond acceptors (Lipinski definition) is 4. The van der Waals surface area contributed by atoms with E-state index in [2.05, 4.69) is 18.8 Å². The maximum absolute atomic E-state index is 13.5. The monoisotopic (exact) mass is 446 g/mol. The Hall–Kier alpha value is -3.61. The Kier molecular flexibility index (Phi) is 6.22. The third kappa shape index (κ3) is 4.35. The lowest BCUT2D eigenvalue weighted by molar-refractivity contribution is 0.414. The summed E-state index contributed by atoms with van der Waals surface area (Å²) in [6.07, 6.45) is 1.63. The van der Waals surface area contributed by atoms with Crippen molar-refractivity contribution in [2.45, 2.75) is 46.7 Å². The minimum absolute atomic E-state index is 0.138. The Bertz CT molecular complexity index is 1390. The average molecular weight is 447 g/mol. The van der Waals surface area contributed by atoms with Crippen molar-refractivity contribution in [3.05, 3.63) is 86.8 Å². The van der Waals surface area contributed by atoms with Crippen LogP contribution < -0.4 is 16.0 Å². The fraction of sp³-hybridized carbons (Fsp3) is 0.346. The van der Waals surface area contributed by atoms with Crippen LogP contribution in [0.5, 0.6) is 5.75 Å². The van der Waals surface area contributed by atoms with E-state index >= 15 is 0 Å². The zero-order chi connectivity index (χ0) is 23.7. The largest absolute Gasteiger partial charge is 0.497 e. The first-order valence-corrected chi connectivity index (χ1v) is 11.2. The molecule has 0 N–H and O–H groups in total. The van der Waals surface area contributed by atoms with E-state index in [9.17, 15) is 9.59 Å². The summed E-state index contributed by atoms with van der Waals surface area (Å²) in [5.74, 6) is 1.27. The molecular weight excluding hydrogens is 416 g/mol. The first kappa shape index (κ1) is 22.6. The molecule has 2 aromatic heterocycles. The number of nitrogens with zero attached hydrogens (tertiary/aromatic N) is 4. The van der Waals surface area contributed by atoms with Crippen molar-refractivity contribution >= 4 is 11.2 Å². The number of methoxy groups -OCH3 is 1. The molecule has 7 heteroatoms. The van der Waals surface area contributed by atoms with Gasteiger partial charge in [-0.05, 0) is 47.2 Å². The highest BCUT2D eigenvalue weighted by atomic mass is 16.5. The number of ether oxygens (including phenoxy) is 1. The van der Waals surface area contributed by atoms with Crippen LogP contribution in [0, 0.1) is 5.92 Å². The van der Waals surface area contributed by atoms with Crippen LogP contribution in [-0.4, -0.2) is 25.8 Å². The smallest absolute Gasteiger partial charge is 0.337 e. The summed E-state index contributed by atoms with van der Waals surface area (Å²) < 4.78 is 10.0. The molecule has 0 fully saturated rings. The number of imidazole rings is 1. The summed E-state index contributed by atoms with van der Waals surface area (Å²) in [4.78, 5) is 31.5. The molecule has 0 atom stereocenters. The molecule has 0 bridgehead atoms. The van der Waals surface area contributed by atoms with Gasteiger partial charge in [0.25, 0.3) is 5.56 Å². The van der Waals surface area contributed by atoms with Gasteiger partial charge < -0.3 is 9.30 Å². The highest BCUT2D eigenvalue weighted by Crippen LogP contribution is 2.20. The van der Waals surface area contributed by atoms with Crippen LogP contribution in [0.3, 0.4) is 0 Å². The zero-order valence-corrected chi connectivity index (χ0v) is 19.8. The van der Waals surface area contributed by atoms with Crippen molar-refractivity contribution < 1.29 is 4.74 Å². The Morgan fingerprint density at radius 1 is 1.00 bits per heavy atom. The maximum Gasteiger partial charge on any atom is 0.337 e. The standard InChI is InChI=1S/C26H30N4O3/c1-17(2)14-29-25(31)23-24(27-16-28(23)15-19-7-6-8-22(13-19)33-5)30(26(29)32)21-11-9-20(10-12-21)18(3)4/h6-13,16-18H,14-15H2,1-5H3. The van der Waals surface area contributed by atoms with E-state index in [1.807, 2.05) is 66.9 Å². The van der Waals surface area contributed by atoms with Gasteiger partial charge in [-0.1, -0.05) is 52.0 Å². The SMILES string of the molecule is COc1cccc(Cn2cnc3c2c(=O)n(CC(C)C)c(=O)n3-c2ccc(C(C)C)cc2)c1. The summed E-state index contributed by atoms with van der Waals surface area (Å²) in [6.45, 7) is 9.01. The van der Waals surface area contributed by atoms with Crippen LogP contribution in [0.25, 0.3) is 16.9 Å². The summed E-state index contributed by atoms with van der Waals surface area (Å²) in [6, 6.07) is 15.6. The van der Waals surface area contributed by atoms with Gasteiger partial charge in [-0.15, -0.1) is 0 Å². The molecule has 0 saturated heterocycles. The first-order chi connectivity index (χ1) is 15.8. The lowest BCUT2D eigenvalue weighted by Crippen LogP contribution is -2.41. The Morgan fingerprint density at radius 2 is 1.73 bits per heavy atom. The average Bonchev–Trinajstić information content (AvgIpc) is 3.20. The van der Waals surface area contributed by atoms with Gasteiger partial charge in [0, 0.05) is 13.1 Å². The zero-order valence-electron chi connectivity index (χ0n) is 19.8. The molecule has 4 aromatic rings. The van der Waals surface area contributed by atoms with Crippen molar-refractivity contribution in [2.24, 2.45) is 5.92 Å². The fourth-order valence-electron chi connectivity index (χ4n) is 4.03. The molecule has 0 aliphatic heterocycles. The Balaban J connectivity index is 1.94. The van der Waals surface area contributed by atoms with Crippen LogP contribution in [-0.2, 0) is 13.1 Å². The Labute approximate surface area is 192 Å². The van der Waals surface area contributed by atoms with Crippen molar-refractivity contribution in [3.8, 4) is 11.4 Å². The predicted molar refractivity (Wildman–Crippen MR) is 131 cm³/mol. The molecule has 0 spiro atoms. The second-order valence-electron chi connectivity index (χ2n) is 9.07. The van der Waals surface area contributed by atoms with Gasteiger partial charge in [0.05, 0.1) is 19.1 Å². The molecular formula is C26H30N4O3. The van der Waals surface area contributed by atoms with E-state index < -0.39 is 0 Å². The second-order valence-corrected chi connectivity index (χ2v) is 9.07. The van der Waals surface area contributed by atoms with Crippen molar-refractivity contribution in [1.82, 2.24) is 18.7 Å². The molecule has 0 aliphatic rings. The number of fused-ring (bicyclic) bond motifs is 1. The normalized spacial score (nSPS) is 11.6. The summed E-state index contributed by atoms with van der Waals surface area (Å²) in [7, 11) is 1.62. The van der Waals surface area contributed by atoms with Crippen LogP contribution in [0.1, 0.15) is 44.7 Å². The highest BCUT2D eigenvalue weighted by molar-refractivity contribution is 5.72. The van der Waals surface area contributed by atoms with Gasteiger partial charge in [-0.2, -0.15) is 0 Å². The van der Waals surface area contributed by atoms with Crippen LogP contribution in [0.2, 0.25) is 0 Å². The van der Waals surface area contributed by atoms with Crippen LogP contribution >= 0.6 is 0 Å². The van der Waals surface area contributed by atoms with Gasteiger partial charge in [-0.25, -0.2) is 14.3 Å². The van der Waals surface area contributed by atoms with Crippen molar-refractivity contribution in [1.29, 1.82) is 0 Å². The van der Waals surface area contributed by atoms with Gasteiger partial charge in [0.2, 0.25) is 0 Å². The molecule has 0 saturated carbocycles. The van der Waals surface area contributed by atoms with Crippen LogP contribution in [0.4, 0.5) is 0 Å². The molecule has 2 heterocycles. The number of aromatic nitrogens is 4. The van der Waals surface area contributed by atoms with E-state index in [1.54, 1.807) is 18.0 Å². The fourth-order valence-corrected chi connectivity index (χ4v) is 4.03. The molecule has 0 radical (unpaired) electrons. The van der Waals surface area contributed by atoms with Gasteiger partial charge in [-0.3, -0.25) is 9.36 Å². The van der Waals surface area contributed by atoms with Gasteiger partial charge in [0.15, 0.2) is 11.2 Å². The summed E-state index contributed by atoms with van der Waals surface area (Å²) in [5, 5.41) is 0. The van der Waals surface area contributed by atoms with Crippen molar-refractivity contribution in [3.63, 3.8) is 0 Å². The molecule has 0 aliphatic carbocycles. The van der Waals surface area contributed by atoms with E-state index in [0.717, 1.165) is 11.3 Å². The minimum atomic E-state index is -0.370. The molecule has 33 heavy (non-hydrogen) atoms. The molecule has 2 aromatic carbocycles. The third-order valence-electron chi connectivity index (χ3n) is 5.75. The number of hydrogen-bond donors (Lipinski definition) is 0. The van der Waals surface area contributed by atoms with E-state index in [4.69, 9.17) is 4.74 Å². The lowest BCUT2D eigenvalue weighted by atomic mass is 10.0. The van der Waals surface area contributed by atoms with Crippen molar-refractivity contribution in [2.75, 3.05) is 7.11 Å². The molecule has 0 amide bonds. The number of benzene rings is 2. The summed E-state index contributed by atoms with van der Waals surface area (Å²) >= 11 is 0. The van der Waals surface area contributed by atoms with Crippen LogP contribution in [0.15, 0.2) is 64.4 Å². The van der Waals surface area contributed by atoms with E-state index in [1.165, 1.54) is 10.1 Å². The molecule has 4 rings (SSSR count). The quantitative estimate of drug-likeness (QED) is 0.427. The van der Waals surface area contributed by atoms with E-state index in [-0.39, 0.29) is 17.2 Å². The van der Waals surface area contributed by atoms with Gasteiger partial charge >= 0.3 is 5.69 Å². The third-order valence-corrected chi connectivity index (χ3v) is 5.75.